The summed E-state index contributed by atoms with van der Waals surface area (Å²) in [6.45, 7) is 12.0. The van der Waals surface area contributed by atoms with Crippen LogP contribution in [0.1, 0.15) is 56.2 Å². The number of hydrogen-bond donors (Lipinski definition) is 0. The number of benzene rings is 3. The molecule has 0 spiro atoms. The summed E-state index contributed by atoms with van der Waals surface area (Å²) in [6, 6.07) is 23.7. The molecule has 0 bridgehead atoms. The fourth-order valence-corrected chi connectivity index (χ4v) is 4.87. The van der Waals surface area contributed by atoms with Crippen molar-refractivity contribution in [2.45, 2.75) is 46.5 Å². The van der Waals surface area contributed by atoms with Crippen molar-refractivity contribution in [3.63, 3.8) is 0 Å². The second-order valence-corrected chi connectivity index (χ2v) is 10.5. The average Bonchev–Trinajstić information content (AvgIpc) is 3.50. The summed E-state index contributed by atoms with van der Waals surface area (Å²) in [6.07, 6.45) is 6.28. The Morgan fingerprint density at radius 1 is 0.838 bits per heavy atom. The van der Waals surface area contributed by atoms with Gasteiger partial charge in [-0.15, -0.1) is 0 Å². The van der Waals surface area contributed by atoms with E-state index in [4.69, 9.17) is 9.72 Å². The molecule has 0 aliphatic carbocycles. The van der Waals surface area contributed by atoms with E-state index in [2.05, 4.69) is 111 Å². The molecule has 0 amide bonds. The maximum atomic E-state index is 6.58. The first kappa shape index (κ1) is 24.7. The average molecular weight is 493 g/mol. The monoisotopic (exact) mass is 492 g/mol. The summed E-state index contributed by atoms with van der Waals surface area (Å²) < 4.78 is 8.74. The van der Waals surface area contributed by atoms with Gasteiger partial charge in [-0.2, -0.15) is 4.98 Å². The normalized spacial score (nSPS) is 13.3. The Morgan fingerprint density at radius 2 is 1.54 bits per heavy atom. The number of rotatable bonds is 7. The van der Waals surface area contributed by atoms with Gasteiger partial charge in [0.1, 0.15) is 5.75 Å². The Balaban J connectivity index is 1.65. The number of imidazole rings is 1. The molecule has 0 saturated carbocycles. The van der Waals surface area contributed by atoms with E-state index in [1.165, 1.54) is 22.4 Å². The first-order chi connectivity index (χ1) is 17.8. The van der Waals surface area contributed by atoms with Crippen molar-refractivity contribution in [1.82, 2.24) is 14.5 Å². The fourth-order valence-electron chi connectivity index (χ4n) is 4.87. The van der Waals surface area contributed by atoms with Gasteiger partial charge in [-0.05, 0) is 42.0 Å². The van der Waals surface area contributed by atoms with Crippen molar-refractivity contribution < 1.29 is 4.74 Å². The van der Waals surface area contributed by atoms with E-state index >= 15 is 0 Å². The molecule has 1 aliphatic heterocycles. The summed E-state index contributed by atoms with van der Waals surface area (Å²) >= 11 is 0. The van der Waals surface area contributed by atoms with Gasteiger partial charge >= 0.3 is 6.01 Å². The van der Waals surface area contributed by atoms with Gasteiger partial charge in [-0.1, -0.05) is 81.8 Å². The van der Waals surface area contributed by atoms with Crippen LogP contribution in [0.5, 0.6) is 11.8 Å². The molecule has 5 heteroatoms. The van der Waals surface area contributed by atoms with Gasteiger partial charge in [0.25, 0.3) is 0 Å². The molecule has 0 unspecified atom stereocenters. The second-order valence-electron chi connectivity index (χ2n) is 10.5. The molecular formula is C32H36N4O. The van der Waals surface area contributed by atoms with Crippen LogP contribution in [0.25, 0.3) is 16.9 Å². The Kier molecular flexibility index (Phi) is 6.79. The molecule has 1 aliphatic rings. The summed E-state index contributed by atoms with van der Waals surface area (Å²) in [5.74, 6) is 1.46. The number of aromatic nitrogens is 2. The molecule has 0 atom stereocenters. The van der Waals surface area contributed by atoms with Crippen LogP contribution in [0.3, 0.4) is 0 Å². The highest BCUT2D eigenvalue weighted by molar-refractivity contribution is 5.63. The van der Waals surface area contributed by atoms with Crippen molar-refractivity contribution in [1.29, 1.82) is 0 Å². The molecule has 0 N–H and O–H groups in total. The Bertz CT molecular complexity index is 1390. The SMILES string of the molecule is Cc1cc(C(C)C)c(-n2cc(-c3ccccc3)nc2Oc2cccc(N3C=CN(C)C3)c2)c(C(C)C)c1. The molecule has 0 radical (unpaired) electrons. The molecule has 2 heterocycles. The number of anilines is 1. The van der Waals surface area contributed by atoms with Gasteiger partial charge in [0, 0.05) is 43.0 Å². The van der Waals surface area contributed by atoms with E-state index in [0.29, 0.717) is 17.8 Å². The molecule has 3 aromatic carbocycles. The quantitative estimate of drug-likeness (QED) is 0.261. The summed E-state index contributed by atoms with van der Waals surface area (Å²) in [5, 5.41) is 0. The predicted octanol–water partition coefficient (Wildman–Crippen LogP) is 8.07. The lowest BCUT2D eigenvalue weighted by Gasteiger charge is -2.23. The molecule has 0 fully saturated rings. The van der Waals surface area contributed by atoms with E-state index < -0.39 is 0 Å². The van der Waals surface area contributed by atoms with Crippen LogP contribution in [0.4, 0.5) is 5.69 Å². The van der Waals surface area contributed by atoms with Crippen LogP contribution in [0.2, 0.25) is 0 Å². The van der Waals surface area contributed by atoms with E-state index in [9.17, 15) is 0 Å². The Hall–Kier alpha value is -3.99. The van der Waals surface area contributed by atoms with Crippen molar-refractivity contribution in [3.05, 3.63) is 102 Å². The molecule has 37 heavy (non-hydrogen) atoms. The molecular weight excluding hydrogens is 456 g/mol. The lowest BCUT2D eigenvalue weighted by molar-refractivity contribution is 0.433. The molecule has 190 valence electrons. The van der Waals surface area contributed by atoms with Crippen LogP contribution < -0.4 is 9.64 Å². The minimum absolute atomic E-state index is 0.352. The maximum absolute atomic E-state index is 6.58. The number of hydrogen-bond acceptors (Lipinski definition) is 4. The lowest BCUT2D eigenvalue weighted by Crippen LogP contribution is -2.21. The standard InChI is InChI=1S/C32H36N4O/c1-22(2)28-17-24(5)18-29(23(3)4)31(28)36-20-30(25-11-8-7-9-12-25)33-32(36)37-27-14-10-13-26(19-27)35-16-15-34(6)21-35/h7-20,22-23H,21H2,1-6H3. The first-order valence-corrected chi connectivity index (χ1v) is 13.0. The third kappa shape index (κ3) is 5.12. The van der Waals surface area contributed by atoms with Crippen LogP contribution >= 0.6 is 0 Å². The van der Waals surface area contributed by atoms with Gasteiger partial charge in [-0.25, -0.2) is 0 Å². The second kappa shape index (κ2) is 10.2. The Morgan fingerprint density at radius 3 is 2.16 bits per heavy atom. The van der Waals surface area contributed by atoms with Gasteiger partial charge in [-0.3, -0.25) is 4.57 Å². The van der Waals surface area contributed by atoms with Gasteiger partial charge in [0.15, 0.2) is 0 Å². The van der Waals surface area contributed by atoms with Crippen molar-refractivity contribution >= 4 is 5.69 Å². The Labute approximate surface area is 220 Å². The van der Waals surface area contributed by atoms with Crippen LogP contribution in [-0.2, 0) is 0 Å². The fraction of sp³-hybridized carbons (Fsp3) is 0.281. The van der Waals surface area contributed by atoms with E-state index in [-0.39, 0.29) is 0 Å². The molecule has 5 rings (SSSR count). The zero-order chi connectivity index (χ0) is 26.1. The predicted molar refractivity (Wildman–Crippen MR) is 153 cm³/mol. The minimum atomic E-state index is 0.352. The highest BCUT2D eigenvalue weighted by Crippen LogP contribution is 2.38. The van der Waals surface area contributed by atoms with Gasteiger partial charge in [0.2, 0.25) is 0 Å². The third-order valence-electron chi connectivity index (χ3n) is 6.78. The smallest absolute Gasteiger partial charge is 0.307 e. The summed E-state index contributed by atoms with van der Waals surface area (Å²) in [7, 11) is 2.07. The van der Waals surface area contributed by atoms with Crippen molar-refractivity contribution in [2.24, 2.45) is 0 Å². The van der Waals surface area contributed by atoms with E-state index in [1.54, 1.807) is 0 Å². The number of ether oxygens (including phenoxy) is 1. The topological polar surface area (TPSA) is 33.5 Å². The molecule has 1 aromatic heterocycles. The number of nitrogens with zero attached hydrogens (tertiary/aromatic N) is 4. The van der Waals surface area contributed by atoms with Gasteiger partial charge in [0.05, 0.1) is 18.1 Å². The minimum Gasteiger partial charge on any atom is -0.425 e. The lowest BCUT2D eigenvalue weighted by atomic mass is 9.90. The zero-order valence-corrected chi connectivity index (χ0v) is 22.6. The van der Waals surface area contributed by atoms with Crippen molar-refractivity contribution in [2.75, 3.05) is 18.6 Å². The molecule has 5 nitrogen and oxygen atoms in total. The molecule has 4 aromatic rings. The largest absolute Gasteiger partial charge is 0.425 e. The van der Waals surface area contributed by atoms with Crippen LogP contribution in [0.15, 0.2) is 85.3 Å². The van der Waals surface area contributed by atoms with Crippen molar-refractivity contribution in [3.8, 4) is 28.7 Å². The highest BCUT2D eigenvalue weighted by Gasteiger charge is 2.22. The zero-order valence-electron chi connectivity index (χ0n) is 22.6. The summed E-state index contributed by atoms with van der Waals surface area (Å²) in [4.78, 5) is 9.36. The maximum Gasteiger partial charge on any atom is 0.307 e. The first-order valence-electron chi connectivity index (χ1n) is 13.0. The van der Waals surface area contributed by atoms with E-state index in [1.807, 2.05) is 30.3 Å². The van der Waals surface area contributed by atoms with Crippen LogP contribution in [-0.4, -0.2) is 28.2 Å². The van der Waals surface area contributed by atoms with Crippen LogP contribution in [0, 0.1) is 6.92 Å². The van der Waals surface area contributed by atoms with Gasteiger partial charge < -0.3 is 14.5 Å². The molecule has 0 saturated heterocycles. The number of aryl methyl sites for hydroxylation is 1. The van der Waals surface area contributed by atoms with E-state index in [0.717, 1.165) is 29.4 Å². The summed E-state index contributed by atoms with van der Waals surface area (Å²) in [5.41, 5.74) is 8.07. The highest BCUT2D eigenvalue weighted by atomic mass is 16.5. The third-order valence-corrected chi connectivity index (χ3v) is 6.78.